The van der Waals surface area contributed by atoms with Gasteiger partial charge in [-0.25, -0.2) is 0 Å². The van der Waals surface area contributed by atoms with Gasteiger partial charge in [-0.2, -0.15) is 0 Å². The van der Waals surface area contributed by atoms with E-state index in [4.69, 9.17) is 9.84 Å². The second kappa shape index (κ2) is 9.31. The molecule has 102 valence electrons. The number of likely N-dealkylation sites (tertiary alicyclic amines) is 1. The molecular formula is C13H26BrNO2. The molecule has 0 spiro atoms. The van der Waals surface area contributed by atoms with Crippen molar-refractivity contribution in [2.24, 2.45) is 5.92 Å². The molecule has 1 aliphatic heterocycles. The molecule has 1 heterocycles. The molecule has 0 amide bonds. The first-order valence-corrected chi connectivity index (χ1v) is 7.89. The lowest BCUT2D eigenvalue weighted by molar-refractivity contribution is -0.00830. The Hall–Kier alpha value is 0.360. The van der Waals surface area contributed by atoms with E-state index in [9.17, 15) is 0 Å². The summed E-state index contributed by atoms with van der Waals surface area (Å²) in [7, 11) is 0. The van der Waals surface area contributed by atoms with E-state index in [0.29, 0.717) is 12.7 Å². The highest BCUT2D eigenvalue weighted by Crippen LogP contribution is 2.16. The molecule has 17 heavy (non-hydrogen) atoms. The molecule has 1 N–H and O–H groups in total. The van der Waals surface area contributed by atoms with Gasteiger partial charge in [0, 0.05) is 18.4 Å². The second-order valence-electron chi connectivity index (χ2n) is 5.01. The Balaban J connectivity index is 2.06. The van der Waals surface area contributed by atoms with Crippen LogP contribution in [0.1, 0.15) is 32.6 Å². The summed E-state index contributed by atoms with van der Waals surface area (Å²) >= 11 is 3.50. The molecule has 0 aromatic heterocycles. The highest BCUT2D eigenvalue weighted by Gasteiger charge is 2.19. The van der Waals surface area contributed by atoms with Gasteiger partial charge in [-0.15, -0.1) is 0 Å². The maximum Gasteiger partial charge on any atom is 0.0701 e. The first-order chi connectivity index (χ1) is 8.26. The van der Waals surface area contributed by atoms with Crippen LogP contribution in [-0.4, -0.2) is 54.3 Å². The molecular weight excluding hydrogens is 282 g/mol. The monoisotopic (exact) mass is 307 g/mol. The third kappa shape index (κ3) is 6.75. The number of hydrogen-bond acceptors (Lipinski definition) is 3. The number of ether oxygens (including phenoxy) is 1. The van der Waals surface area contributed by atoms with E-state index in [1.165, 1.54) is 19.4 Å². The van der Waals surface area contributed by atoms with Gasteiger partial charge >= 0.3 is 0 Å². The quantitative estimate of drug-likeness (QED) is 0.698. The Morgan fingerprint density at radius 2 is 2.06 bits per heavy atom. The summed E-state index contributed by atoms with van der Waals surface area (Å²) in [6.45, 7) is 6.49. The molecule has 1 atom stereocenters. The van der Waals surface area contributed by atoms with Crippen LogP contribution in [0.15, 0.2) is 0 Å². The van der Waals surface area contributed by atoms with Gasteiger partial charge in [-0.3, -0.25) is 0 Å². The zero-order valence-corrected chi connectivity index (χ0v) is 12.5. The Labute approximate surface area is 114 Å². The number of halogens is 1. The van der Waals surface area contributed by atoms with Crippen molar-refractivity contribution >= 4 is 15.9 Å². The van der Waals surface area contributed by atoms with E-state index in [0.717, 1.165) is 37.2 Å². The molecule has 1 fully saturated rings. The average Bonchev–Trinajstić information content (AvgIpc) is 2.35. The van der Waals surface area contributed by atoms with Gasteiger partial charge in [0.15, 0.2) is 0 Å². The fourth-order valence-electron chi connectivity index (χ4n) is 2.25. The predicted molar refractivity (Wildman–Crippen MR) is 74.7 cm³/mol. The predicted octanol–water partition coefficient (Wildman–Crippen LogP) is 2.27. The number of hydrogen-bond donors (Lipinski definition) is 1. The van der Waals surface area contributed by atoms with E-state index < -0.39 is 0 Å². The van der Waals surface area contributed by atoms with Crippen molar-refractivity contribution in [2.45, 2.75) is 38.7 Å². The van der Waals surface area contributed by atoms with E-state index in [2.05, 4.69) is 27.8 Å². The van der Waals surface area contributed by atoms with E-state index in [1.807, 2.05) is 0 Å². The van der Waals surface area contributed by atoms with Gasteiger partial charge in [0.05, 0.1) is 19.3 Å². The summed E-state index contributed by atoms with van der Waals surface area (Å²) in [5, 5.41) is 9.82. The minimum absolute atomic E-state index is 0.143. The SMILES string of the molecule is CC(CCBr)CCN1CCC(OCCO)CC1. The van der Waals surface area contributed by atoms with Crippen LogP contribution in [0.4, 0.5) is 0 Å². The minimum atomic E-state index is 0.143. The van der Waals surface area contributed by atoms with Crippen molar-refractivity contribution in [3.63, 3.8) is 0 Å². The molecule has 0 radical (unpaired) electrons. The normalized spacial score (nSPS) is 20.6. The second-order valence-corrected chi connectivity index (χ2v) is 5.80. The number of rotatable bonds is 8. The number of aliphatic hydroxyl groups excluding tert-OH is 1. The number of alkyl halides is 1. The van der Waals surface area contributed by atoms with Crippen LogP contribution >= 0.6 is 15.9 Å². The Bertz CT molecular complexity index is 184. The summed E-state index contributed by atoms with van der Waals surface area (Å²) in [6.07, 6.45) is 5.18. The van der Waals surface area contributed by atoms with E-state index >= 15 is 0 Å². The molecule has 0 saturated carbocycles. The van der Waals surface area contributed by atoms with Crippen molar-refractivity contribution in [1.82, 2.24) is 4.90 Å². The first kappa shape index (κ1) is 15.4. The lowest BCUT2D eigenvalue weighted by Gasteiger charge is -2.32. The summed E-state index contributed by atoms with van der Waals surface area (Å²) in [6, 6.07) is 0. The van der Waals surface area contributed by atoms with Crippen molar-refractivity contribution in [2.75, 3.05) is 38.2 Å². The number of aliphatic hydroxyl groups is 1. The molecule has 1 rings (SSSR count). The summed E-state index contributed by atoms with van der Waals surface area (Å²) in [5.74, 6) is 0.817. The molecule has 0 bridgehead atoms. The fourth-order valence-corrected chi connectivity index (χ4v) is 3.03. The average molecular weight is 308 g/mol. The zero-order valence-electron chi connectivity index (χ0n) is 10.9. The van der Waals surface area contributed by atoms with Gasteiger partial charge in [0.25, 0.3) is 0 Å². The van der Waals surface area contributed by atoms with E-state index in [-0.39, 0.29) is 6.61 Å². The molecule has 0 aromatic carbocycles. The zero-order chi connectivity index (χ0) is 12.5. The first-order valence-electron chi connectivity index (χ1n) is 6.77. The van der Waals surface area contributed by atoms with Crippen LogP contribution in [0.5, 0.6) is 0 Å². The van der Waals surface area contributed by atoms with Crippen molar-refractivity contribution in [1.29, 1.82) is 0 Å². The number of piperidine rings is 1. The van der Waals surface area contributed by atoms with Crippen LogP contribution < -0.4 is 0 Å². The van der Waals surface area contributed by atoms with Crippen LogP contribution in [0, 0.1) is 5.92 Å². The van der Waals surface area contributed by atoms with Gasteiger partial charge in [-0.05, 0) is 38.1 Å². The lowest BCUT2D eigenvalue weighted by atomic mass is 10.0. The summed E-state index contributed by atoms with van der Waals surface area (Å²) in [4.78, 5) is 2.55. The maximum absolute atomic E-state index is 8.71. The summed E-state index contributed by atoms with van der Waals surface area (Å²) < 4.78 is 5.56. The molecule has 4 heteroatoms. The summed E-state index contributed by atoms with van der Waals surface area (Å²) in [5.41, 5.74) is 0. The highest BCUT2D eigenvalue weighted by molar-refractivity contribution is 9.09. The third-order valence-corrected chi connectivity index (χ3v) is 3.98. The molecule has 0 aromatic rings. The van der Waals surface area contributed by atoms with Crippen molar-refractivity contribution in [3.05, 3.63) is 0 Å². The molecule has 0 aliphatic carbocycles. The van der Waals surface area contributed by atoms with Gasteiger partial charge in [-0.1, -0.05) is 22.9 Å². The maximum atomic E-state index is 8.71. The fraction of sp³-hybridized carbons (Fsp3) is 1.00. The van der Waals surface area contributed by atoms with E-state index in [1.54, 1.807) is 0 Å². The van der Waals surface area contributed by atoms with Gasteiger partial charge in [0.1, 0.15) is 0 Å². The Morgan fingerprint density at radius 1 is 1.35 bits per heavy atom. The van der Waals surface area contributed by atoms with Crippen LogP contribution in [0.2, 0.25) is 0 Å². The molecule has 1 saturated heterocycles. The van der Waals surface area contributed by atoms with Crippen LogP contribution in [-0.2, 0) is 4.74 Å². The molecule has 3 nitrogen and oxygen atoms in total. The van der Waals surface area contributed by atoms with Crippen LogP contribution in [0.25, 0.3) is 0 Å². The highest BCUT2D eigenvalue weighted by atomic mass is 79.9. The van der Waals surface area contributed by atoms with Gasteiger partial charge in [0.2, 0.25) is 0 Å². The Kier molecular flexibility index (Phi) is 8.44. The number of nitrogens with zero attached hydrogens (tertiary/aromatic N) is 1. The molecule has 1 aliphatic rings. The Morgan fingerprint density at radius 3 is 2.65 bits per heavy atom. The van der Waals surface area contributed by atoms with Crippen molar-refractivity contribution < 1.29 is 9.84 Å². The molecule has 1 unspecified atom stereocenters. The van der Waals surface area contributed by atoms with Crippen LogP contribution in [0.3, 0.4) is 0 Å². The lowest BCUT2D eigenvalue weighted by Crippen LogP contribution is -2.38. The van der Waals surface area contributed by atoms with Gasteiger partial charge < -0.3 is 14.7 Å². The minimum Gasteiger partial charge on any atom is -0.394 e. The largest absolute Gasteiger partial charge is 0.394 e. The third-order valence-electron chi connectivity index (χ3n) is 3.52. The topological polar surface area (TPSA) is 32.7 Å². The van der Waals surface area contributed by atoms with Crippen molar-refractivity contribution in [3.8, 4) is 0 Å². The standard InChI is InChI=1S/C13H26BrNO2/c1-12(2-6-14)3-7-15-8-4-13(5-9-15)17-11-10-16/h12-13,16H,2-11H2,1H3. The smallest absolute Gasteiger partial charge is 0.0701 e.